The molecule has 0 saturated heterocycles. The Balaban J connectivity index is 1.91. The molecule has 3 rings (SSSR count). The van der Waals surface area contributed by atoms with Crippen molar-refractivity contribution in [3.63, 3.8) is 0 Å². The van der Waals surface area contributed by atoms with Gasteiger partial charge in [0, 0.05) is 23.7 Å². The zero-order valence-corrected chi connectivity index (χ0v) is 22.0. The van der Waals surface area contributed by atoms with E-state index in [1.807, 2.05) is 58.0 Å². The van der Waals surface area contributed by atoms with E-state index in [4.69, 9.17) is 21.1 Å². The van der Waals surface area contributed by atoms with Crippen LogP contribution in [-0.4, -0.2) is 13.9 Å². The Labute approximate surface area is 217 Å². The lowest BCUT2D eigenvalue weighted by atomic mass is 10.0. The van der Waals surface area contributed by atoms with E-state index in [1.54, 1.807) is 0 Å². The molecule has 0 bridgehead atoms. The number of hydrogen-bond donors (Lipinski definition) is 1. The Morgan fingerprint density at radius 2 is 1.83 bits per heavy atom. The lowest BCUT2D eigenvalue weighted by Gasteiger charge is -2.24. The van der Waals surface area contributed by atoms with Gasteiger partial charge < -0.3 is 9.47 Å². The van der Waals surface area contributed by atoms with E-state index in [2.05, 4.69) is 4.72 Å². The van der Waals surface area contributed by atoms with Crippen molar-refractivity contribution in [2.24, 2.45) is 0 Å². The van der Waals surface area contributed by atoms with Crippen LogP contribution < -0.4 is 14.2 Å². The first-order valence-electron chi connectivity index (χ1n) is 11.3. The molecule has 3 aromatic rings. The Kier molecular flexibility index (Phi) is 9.05. The molecule has 0 saturated carbocycles. The van der Waals surface area contributed by atoms with Crippen LogP contribution in [0.4, 0.5) is 10.1 Å². The largest absolute Gasteiger partial charge is 0.482 e. The second kappa shape index (κ2) is 11.8. The highest BCUT2D eigenvalue weighted by atomic mass is 35.5. The maximum Gasteiger partial charge on any atom is 0.311 e. The summed E-state index contributed by atoms with van der Waals surface area (Å²) in [5.41, 5.74) is 0.820. The van der Waals surface area contributed by atoms with E-state index >= 15 is 4.39 Å². The Morgan fingerprint density at radius 1 is 1.14 bits per heavy atom. The highest BCUT2D eigenvalue weighted by Gasteiger charge is 2.27. The molecule has 0 aliphatic rings. The highest BCUT2D eigenvalue weighted by Crippen LogP contribution is 2.39. The van der Waals surface area contributed by atoms with Gasteiger partial charge in [0.05, 0.1) is 25.7 Å². The van der Waals surface area contributed by atoms with Gasteiger partial charge in [-0.15, -0.1) is 0 Å². The Morgan fingerprint density at radius 3 is 2.44 bits per heavy atom. The predicted molar refractivity (Wildman–Crippen MR) is 139 cm³/mol. The van der Waals surface area contributed by atoms with Crippen LogP contribution in [0.25, 0.3) is 0 Å². The van der Waals surface area contributed by atoms with Crippen LogP contribution in [0.3, 0.4) is 0 Å². The third kappa shape index (κ3) is 6.81. The predicted octanol–water partition coefficient (Wildman–Crippen LogP) is 7.26. The minimum Gasteiger partial charge on any atom is -0.482 e. The number of rotatable bonds is 10. The quantitative estimate of drug-likeness (QED) is 0.218. The number of nitro benzene ring substituents is 1. The first-order valence-corrected chi connectivity index (χ1v) is 12.8. The van der Waals surface area contributed by atoms with Crippen molar-refractivity contribution < 1.29 is 23.0 Å². The third-order valence-electron chi connectivity index (χ3n) is 5.25. The number of nitrogens with zero attached hydrogens (tertiary/aromatic N) is 1. The normalized spacial score (nSPS) is 13.2. The zero-order valence-electron chi connectivity index (χ0n) is 20.4. The molecule has 0 amide bonds. The van der Waals surface area contributed by atoms with E-state index in [-0.39, 0.29) is 40.1 Å². The minimum absolute atomic E-state index is 0.0214. The van der Waals surface area contributed by atoms with Crippen molar-refractivity contribution in [3.05, 3.63) is 92.7 Å². The van der Waals surface area contributed by atoms with Gasteiger partial charge in [-0.05, 0) is 44.9 Å². The Hall–Kier alpha value is -3.01. The van der Waals surface area contributed by atoms with E-state index in [1.165, 1.54) is 30.3 Å². The van der Waals surface area contributed by atoms with Crippen molar-refractivity contribution in [1.29, 1.82) is 0 Å². The number of hydrogen-bond acceptors (Lipinski definition) is 5. The zero-order chi connectivity index (χ0) is 26.5. The standard InChI is InChI=1S/C26H28ClFN2O5S/c1-5-21(29-36(33)26(2,3)4)19-12-13-20(27)25(24(19)28)35-18-11-14-22(30(31)32)23(15-18)34-16-17-9-7-6-8-10-17/h6-15,21,29H,5,16H2,1-4H3/t21-,36-/m1/s1. The highest BCUT2D eigenvalue weighted by molar-refractivity contribution is 7.84. The number of nitro groups is 1. The van der Waals surface area contributed by atoms with Gasteiger partial charge in [-0.3, -0.25) is 10.1 Å². The number of ether oxygens (including phenoxy) is 2. The van der Waals surface area contributed by atoms with Gasteiger partial charge in [0.25, 0.3) is 0 Å². The molecule has 36 heavy (non-hydrogen) atoms. The molecule has 0 fully saturated rings. The molecule has 2 atom stereocenters. The number of halogens is 2. The summed E-state index contributed by atoms with van der Waals surface area (Å²) in [6, 6.07) is 15.6. The fourth-order valence-electron chi connectivity index (χ4n) is 3.26. The monoisotopic (exact) mass is 534 g/mol. The van der Waals surface area contributed by atoms with Crippen LogP contribution in [0, 0.1) is 15.9 Å². The van der Waals surface area contributed by atoms with Crippen LogP contribution in [0.2, 0.25) is 5.02 Å². The molecule has 0 spiro atoms. The Bertz CT molecular complexity index is 1250. The summed E-state index contributed by atoms with van der Waals surface area (Å²) in [6.45, 7) is 7.41. The third-order valence-corrected chi connectivity index (χ3v) is 7.16. The molecule has 1 N–H and O–H groups in total. The summed E-state index contributed by atoms with van der Waals surface area (Å²) in [7, 11) is -1.43. The molecule has 10 heteroatoms. The molecule has 0 unspecified atom stereocenters. The van der Waals surface area contributed by atoms with Crippen molar-refractivity contribution in [1.82, 2.24) is 4.72 Å². The number of benzene rings is 3. The first kappa shape index (κ1) is 27.6. The molecule has 0 aliphatic carbocycles. The maximum absolute atomic E-state index is 15.6. The summed E-state index contributed by atoms with van der Waals surface area (Å²) in [5, 5.41) is 11.5. The van der Waals surface area contributed by atoms with Crippen LogP contribution in [0.5, 0.6) is 17.2 Å². The van der Waals surface area contributed by atoms with Gasteiger partial charge in [0.2, 0.25) is 5.75 Å². The molecular weight excluding hydrogens is 507 g/mol. The average Bonchev–Trinajstić information content (AvgIpc) is 2.84. The van der Waals surface area contributed by atoms with Gasteiger partial charge in [0.1, 0.15) is 12.4 Å². The smallest absolute Gasteiger partial charge is 0.311 e. The molecule has 7 nitrogen and oxygen atoms in total. The van der Waals surface area contributed by atoms with Crippen LogP contribution >= 0.6 is 11.6 Å². The summed E-state index contributed by atoms with van der Waals surface area (Å²) in [6.07, 6.45) is 0.467. The van der Waals surface area contributed by atoms with Crippen molar-refractivity contribution >= 4 is 28.3 Å². The molecule has 0 heterocycles. The van der Waals surface area contributed by atoms with Gasteiger partial charge in [-0.2, -0.15) is 0 Å². The molecule has 0 aliphatic heterocycles. The lowest BCUT2D eigenvalue weighted by Crippen LogP contribution is -2.35. The summed E-state index contributed by atoms with van der Waals surface area (Å²) >= 11 is 6.26. The van der Waals surface area contributed by atoms with E-state index in [9.17, 15) is 14.3 Å². The second-order valence-electron chi connectivity index (χ2n) is 9.00. The van der Waals surface area contributed by atoms with Crippen LogP contribution in [0.1, 0.15) is 51.3 Å². The van der Waals surface area contributed by atoms with Crippen molar-refractivity contribution in [2.45, 2.75) is 51.5 Å². The van der Waals surface area contributed by atoms with Gasteiger partial charge in [0.15, 0.2) is 11.6 Å². The second-order valence-corrected chi connectivity index (χ2v) is 11.4. The summed E-state index contributed by atoms with van der Waals surface area (Å²) in [5.74, 6) is -0.861. The van der Waals surface area contributed by atoms with E-state index in [0.29, 0.717) is 6.42 Å². The van der Waals surface area contributed by atoms with Crippen molar-refractivity contribution in [2.75, 3.05) is 0 Å². The lowest BCUT2D eigenvalue weighted by molar-refractivity contribution is -0.386. The number of nitrogens with one attached hydrogen (secondary N) is 1. The van der Waals surface area contributed by atoms with Crippen LogP contribution in [-0.2, 0) is 17.6 Å². The molecule has 192 valence electrons. The average molecular weight is 535 g/mol. The molecule has 0 radical (unpaired) electrons. The van der Waals surface area contributed by atoms with E-state index in [0.717, 1.165) is 5.56 Å². The fourth-order valence-corrected chi connectivity index (χ4v) is 4.35. The van der Waals surface area contributed by atoms with Crippen LogP contribution in [0.15, 0.2) is 60.7 Å². The summed E-state index contributed by atoms with van der Waals surface area (Å²) < 4.78 is 42.1. The molecule has 3 aromatic carbocycles. The fraction of sp³-hybridized carbons (Fsp3) is 0.308. The van der Waals surface area contributed by atoms with Crippen molar-refractivity contribution in [3.8, 4) is 17.2 Å². The van der Waals surface area contributed by atoms with Gasteiger partial charge >= 0.3 is 5.69 Å². The first-order chi connectivity index (χ1) is 17.0. The topological polar surface area (TPSA) is 90.7 Å². The minimum atomic E-state index is -1.43. The SMILES string of the molecule is CC[C@@H](N[S@](=O)C(C)(C)C)c1ccc(Cl)c(Oc2ccc([N+](=O)[O-])c(OCc3ccccc3)c2)c1F. The van der Waals surface area contributed by atoms with E-state index < -0.39 is 32.5 Å². The molecular formula is C26H28ClFN2O5S. The molecule has 0 aromatic heterocycles. The summed E-state index contributed by atoms with van der Waals surface area (Å²) in [4.78, 5) is 10.9. The van der Waals surface area contributed by atoms with Gasteiger partial charge in [-0.1, -0.05) is 54.9 Å². The maximum atomic E-state index is 15.6. The van der Waals surface area contributed by atoms with Gasteiger partial charge in [-0.25, -0.2) is 13.3 Å².